The fourth-order valence-electron chi connectivity index (χ4n) is 6.02. The first-order valence-corrected chi connectivity index (χ1v) is 15.1. The maximum atomic E-state index is 9.74. The van der Waals surface area contributed by atoms with Crippen molar-refractivity contribution >= 4 is 11.8 Å². The van der Waals surface area contributed by atoms with Crippen LogP contribution in [0.5, 0.6) is 11.5 Å². The van der Waals surface area contributed by atoms with Gasteiger partial charge in [0.25, 0.3) is 0 Å². The van der Waals surface area contributed by atoms with E-state index in [-0.39, 0.29) is 6.10 Å². The Bertz CT molecular complexity index is 1490. The van der Waals surface area contributed by atoms with Gasteiger partial charge in [0.05, 0.1) is 32.1 Å². The van der Waals surface area contributed by atoms with Gasteiger partial charge in [0.1, 0.15) is 23.9 Å². The summed E-state index contributed by atoms with van der Waals surface area (Å²) < 4.78 is 17.3. The van der Waals surface area contributed by atoms with Gasteiger partial charge in [0.15, 0.2) is 0 Å². The van der Waals surface area contributed by atoms with E-state index in [4.69, 9.17) is 29.9 Å². The van der Waals surface area contributed by atoms with Gasteiger partial charge in [-0.15, -0.1) is 0 Å². The molecule has 2 aromatic carbocycles. The molecule has 0 saturated carbocycles. The van der Waals surface area contributed by atoms with Gasteiger partial charge in [-0.1, -0.05) is 24.3 Å². The molecule has 3 N–H and O–H groups in total. The van der Waals surface area contributed by atoms with Crippen LogP contribution in [0.1, 0.15) is 30.0 Å². The molecule has 3 aliphatic rings. The largest absolute Gasteiger partial charge is 0.497 e. The highest BCUT2D eigenvalue weighted by atomic mass is 16.5. The molecule has 9 nitrogen and oxygen atoms in total. The molecule has 1 fully saturated rings. The number of nitrogens with two attached hydrogens (primary N) is 1. The van der Waals surface area contributed by atoms with E-state index < -0.39 is 0 Å². The van der Waals surface area contributed by atoms with E-state index >= 15 is 0 Å². The lowest BCUT2D eigenvalue weighted by Gasteiger charge is -2.37. The number of hydrogen-bond acceptors (Lipinski definition) is 9. The second-order valence-electron chi connectivity index (χ2n) is 11.5. The van der Waals surface area contributed by atoms with Gasteiger partial charge in [-0.25, -0.2) is 4.98 Å². The number of methoxy groups -OCH3 is 1. The number of anilines is 2. The first kappa shape index (κ1) is 29.2. The monoisotopic (exact) mass is 583 g/mol. The number of piperazine rings is 1. The van der Waals surface area contributed by atoms with Gasteiger partial charge < -0.3 is 30.0 Å². The van der Waals surface area contributed by atoms with Crippen LogP contribution in [-0.4, -0.2) is 79.1 Å². The van der Waals surface area contributed by atoms with E-state index in [1.54, 1.807) is 7.11 Å². The summed E-state index contributed by atoms with van der Waals surface area (Å²) in [5.41, 5.74) is 14.1. The van der Waals surface area contributed by atoms with Gasteiger partial charge in [-0.2, -0.15) is 4.98 Å². The zero-order chi connectivity index (χ0) is 29.8. The highest BCUT2D eigenvalue weighted by Crippen LogP contribution is 2.38. The third-order valence-corrected chi connectivity index (χ3v) is 8.56. The molecule has 2 heterocycles. The molecule has 9 heteroatoms. The van der Waals surface area contributed by atoms with Crippen LogP contribution in [0.4, 0.5) is 11.8 Å². The van der Waals surface area contributed by atoms with Gasteiger partial charge in [-0.05, 0) is 78.8 Å². The van der Waals surface area contributed by atoms with Crippen molar-refractivity contribution in [1.29, 1.82) is 0 Å². The topological polar surface area (TPSA) is 106 Å². The maximum Gasteiger partial charge on any atom is 0.222 e. The Morgan fingerprint density at radius 2 is 1.74 bits per heavy atom. The van der Waals surface area contributed by atoms with E-state index in [2.05, 4.69) is 28.0 Å². The number of fused-ring (bicyclic) bond motifs is 3. The lowest BCUT2D eigenvalue weighted by atomic mass is 9.88. The molecule has 2 aliphatic carbocycles. The van der Waals surface area contributed by atoms with E-state index in [1.807, 2.05) is 43.3 Å². The van der Waals surface area contributed by atoms with Crippen LogP contribution in [0.15, 0.2) is 65.8 Å². The summed E-state index contributed by atoms with van der Waals surface area (Å²) in [4.78, 5) is 14.2. The molecule has 43 heavy (non-hydrogen) atoms. The van der Waals surface area contributed by atoms with Crippen LogP contribution in [0.25, 0.3) is 11.3 Å². The van der Waals surface area contributed by atoms with Crippen molar-refractivity contribution in [2.24, 2.45) is 0 Å². The molecule has 0 radical (unpaired) electrons. The van der Waals surface area contributed by atoms with E-state index in [0.29, 0.717) is 25.8 Å². The second-order valence-corrected chi connectivity index (χ2v) is 11.5. The van der Waals surface area contributed by atoms with Gasteiger partial charge in [0, 0.05) is 43.9 Å². The fourth-order valence-corrected chi connectivity index (χ4v) is 6.02. The van der Waals surface area contributed by atoms with Crippen molar-refractivity contribution in [2.75, 3.05) is 63.7 Å². The lowest BCUT2D eigenvalue weighted by Crippen LogP contribution is -2.48. The first-order chi connectivity index (χ1) is 21.0. The Morgan fingerprint density at radius 1 is 0.953 bits per heavy atom. The Morgan fingerprint density at radius 3 is 2.49 bits per heavy atom. The SMILES string of the molecule is COc1ccc(COc2ccc3c(c2)CCc2c-3nc(N)nc2N2CCN(CCOCC3=CC=C(C(C)O)C3)CC2)cc1. The Labute approximate surface area is 253 Å². The number of rotatable bonds is 11. The number of hydrogen-bond donors (Lipinski definition) is 2. The van der Waals surface area contributed by atoms with Crippen molar-refractivity contribution in [2.45, 2.75) is 38.9 Å². The Balaban J connectivity index is 1.03. The smallest absolute Gasteiger partial charge is 0.222 e. The molecule has 1 aromatic heterocycles. The average Bonchev–Trinajstić information content (AvgIpc) is 3.51. The molecule has 0 amide bonds. The third-order valence-electron chi connectivity index (χ3n) is 8.56. The molecule has 1 saturated heterocycles. The number of allylic oxidation sites excluding steroid dienone is 2. The van der Waals surface area contributed by atoms with Crippen LogP contribution >= 0.6 is 0 Å². The van der Waals surface area contributed by atoms with E-state index in [0.717, 1.165) is 91.7 Å². The predicted octanol–water partition coefficient (Wildman–Crippen LogP) is 4.19. The van der Waals surface area contributed by atoms with Crippen molar-refractivity contribution in [3.8, 4) is 22.8 Å². The fraction of sp³-hybridized carbons (Fsp3) is 0.412. The van der Waals surface area contributed by atoms with Crippen molar-refractivity contribution in [3.63, 3.8) is 0 Å². The zero-order valence-corrected chi connectivity index (χ0v) is 25.1. The van der Waals surface area contributed by atoms with Crippen LogP contribution < -0.4 is 20.1 Å². The molecule has 0 bridgehead atoms. The highest BCUT2D eigenvalue weighted by molar-refractivity contribution is 5.76. The number of aliphatic hydroxyl groups excluding tert-OH is 1. The molecule has 6 rings (SSSR count). The van der Waals surface area contributed by atoms with Gasteiger partial charge in [0.2, 0.25) is 5.95 Å². The number of aromatic nitrogens is 2. The summed E-state index contributed by atoms with van der Waals surface area (Å²) in [6.07, 6.45) is 6.28. The summed E-state index contributed by atoms with van der Waals surface area (Å²) in [6, 6.07) is 14.2. The second kappa shape index (κ2) is 13.2. The van der Waals surface area contributed by atoms with Gasteiger partial charge in [-0.3, -0.25) is 4.90 Å². The molecule has 226 valence electrons. The summed E-state index contributed by atoms with van der Waals surface area (Å²) in [6.45, 7) is 8.20. The highest BCUT2D eigenvalue weighted by Gasteiger charge is 2.27. The van der Waals surface area contributed by atoms with Crippen LogP contribution in [0.3, 0.4) is 0 Å². The molecule has 3 aromatic rings. The van der Waals surface area contributed by atoms with Crippen LogP contribution in [-0.2, 0) is 24.2 Å². The quantitative estimate of drug-likeness (QED) is 0.322. The summed E-state index contributed by atoms with van der Waals surface area (Å²) in [7, 11) is 1.67. The third kappa shape index (κ3) is 6.85. The first-order valence-electron chi connectivity index (χ1n) is 15.1. The maximum absolute atomic E-state index is 9.74. The minimum Gasteiger partial charge on any atom is -0.497 e. The molecule has 1 aliphatic heterocycles. The molecular formula is C34H41N5O4. The summed E-state index contributed by atoms with van der Waals surface area (Å²) in [5, 5.41) is 9.74. The number of benzene rings is 2. The zero-order valence-electron chi connectivity index (χ0n) is 25.1. The number of aryl methyl sites for hydroxylation is 1. The Kier molecular flexibility index (Phi) is 8.92. The predicted molar refractivity (Wildman–Crippen MR) is 169 cm³/mol. The van der Waals surface area contributed by atoms with Crippen molar-refractivity contribution in [1.82, 2.24) is 14.9 Å². The standard InChI is InChI=1S/C34H41N5O4/c1-23(40)26-6-3-25(19-26)21-42-18-17-38-13-15-39(16-14-38)33-31-11-7-27-20-29(10-12-30(27)32(31)36-34(35)37-33)43-22-24-4-8-28(41-2)9-5-24/h3-6,8-10,12,20,23,40H,7,11,13-19,21-22H2,1-2H3,(H2,35,36,37). The lowest BCUT2D eigenvalue weighted by molar-refractivity contribution is 0.116. The van der Waals surface area contributed by atoms with Crippen molar-refractivity contribution < 1.29 is 19.3 Å². The average molecular weight is 584 g/mol. The number of nitrogen functional groups attached to an aromatic ring is 1. The molecular weight excluding hydrogens is 542 g/mol. The number of nitrogens with zero attached hydrogens (tertiary/aromatic N) is 4. The van der Waals surface area contributed by atoms with Crippen molar-refractivity contribution in [3.05, 3.63) is 82.5 Å². The summed E-state index contributed by atoms with van der Waals surface area (Å²) >= 11 is 0. The van der Waals surface area contributed by atoms with Crippen LogP contribution in [0.2, 0.25) is 0 Å². The normalized spacial score (nSPS) is 17.1. The molecule has 1 unspecified atom stereocenters. The minimum absolute atomic E-state index is 0.312. The number of aliphatic hydroxyl groups is 1. The Hall–Kier alpha value is -3.92. The van der Waals surface area contributed by atoms with E-state index in [1.165, 1.54) is 16.7 Å². The molecule has 0 spiro atoms. The van der Waals surface area contributed by atoms with E-state index in [9.17, 15) is 5.11 Å². The van der Waals surface area contributed by atoms with Crippen LogP contribution in [0, 0.1) is 0 Å². The van der Waals surface area contributed by atoms with Gasteiger partial charge >= 0.3 is 0 Å². The minimum atomic E-state index is -0.389. The molecule has 1 atom stereocenters. The summed E-state index contributed by atoms with van der Waals surface area (Å²) in [5.74, 6) is 2.97. The number of ether oxygens (including phenoxy) is 3.